The summed E-state index contributed by atoms with van der Waals surface area (Å²) in [5.41, 5.74) is 5.23. The number of hydrogen-bond acceptors (Lipinski definition) is 14. The van der Waals surface area contributed by atoms with Crippen LogP contribution in [0.2, 0.25) is 0 Å². The van der Waals surface area contributed by atoms with Crippen molar-refractivity contribution in [1.82, 2.24) is 21.3 Å². The van der Waals surface area contributed by atoms with Crippen LogP contribution < -0.4 is 27.0 Å². The number of Topliss-reactive ketones (excluding diaryl/α,β-unsaturated/α-hetero) is 2. The third-order valence-corrected chi connectivity index (χ3v) is 11.5. The van der Waals surface area contributed by atoms with Crippen molar-refractivity contribution in [3.8, 4) is 0 Å². The van der Waals surface area contributed by atoms with Gasteiger partial charge in [0.25, 0.3) is 0 Å². The lowest BCUT2D eigenvalue weighted by Crippen LogP contribution is -2.50. The number of hydrogen-bond donors (Lipinski definition) is 8. The summed E-state index contributed by atoms with van der Waals surface area (Å²) in [7, 11) is 0. The van der Waals surface area contributed by atoms with E-state index in [-0.39, 0.29) is 68.2 Å². The van der Waals surface area contributed by atoms with Crippen LogP contribution in [0.3, 0.4) is 0 Å². The number of aliphatic hydroxyl groups is 1. The highest BCUT2D eigenvalue weighted by molar-refractivity contribution is 5.85. The average Bonchev–Trinajstić information content (AvgIpc) is 3.32. The summed E-state index contributed by atoms with van der Waals surface area (Å²) in [6.45, 7) is 9.47. The maximum absolute atomic E-state index is 12.4. The van der Waals surface area contributed by atoms with Crippen LogP contribution in [-0.4, -0.2) is 153 Å². The van der Waals surface area contributed by atoms with Crippen LogP contribution in [0.15, 0.2) is 0 Å². The summed E-state index contributed by atoms with van der Waals surface area (Å²) in [5, 5.41) is 37.8. The molecule has 0 aliphatic heterocycles. The third-order valence-electron chi connectivity index (χ3n) is 11.5. The van der Waals surface area contributed by atoms with Gasteiger partial charge in [0, 0.05) is 51.3 Å². The summed E-state index contributed by atoms with van der Waals surface area (Å²) < 4.78 is 21.2. The number of carboxylic acid groups (broad SMARTS) is 2. The first kappa shape index (κ1) is 69.0. The minimum atomic E-state index is -0.991. The van der Waals surface area contributed by atoms with Gasteiger partial charge in [0.05, 0.1) is 45.7 Å². The molecule has 4 atom stereocenters. The second-order valence-electron chi connectivity index (χ2n) is 17.8. The first-order chi connectivity index (χ1) is 34.1. The van der Waals surface area contributed by atoms with Crippen LogP contribution in [0.1, 0.15) is 182 Å². The summed E-state index contributed by atoms with van der Waals surface area (Å²) in [6.07, 6.45) is 20.7. The Kier molecular flexibility index (Phi) is 48.1. The molecule has 0 bridgehead atoms. The SMILES string of the molecule is CCC(=O)CCCOCCOCC(=O)NCCOCCOCC(=O)NCCCC[C@H](CC)C(=O)CN[C@H](C(N)=O)[C@@H](C)O.CC[C@H](NC(=O)CCCCCCCCCCCCCCCCC(=O)O)C(=O)O. The van der Waals surface area contributed by atoms with Crippen LogP contribution in [-0.2, 0) is 57.3 Å². The van der Waals surface area contributed by atoms with E-state index in [2.05, 4.69) is 21.3 Å². The summed E-state index contributed by atoms with van der Waals surface area (Å²) >= 11 is 0. The Hall–Kier alpha value is -4.08. The van der Waals surface area contributed by atoms with Crippen molar-refractivity contribution < 1.29 is 72.6 Å². The second-order valence-corrected chi connectivity index (χ2v) is 17.8. The molecule has 71 heavy (non-hydrogen) atoms. The molecular formula is C51H95N5O15. The number of aliphatic carboxylic acids is 2. The van der Waals surface area contributed by atoms with Crippen molar-refractivity contribution in [2.75, 3.05) is 72.5 Å². The van der Waals surface area contributed by atoms with Crippen LogP contribution >= 0.6 is 0 Å². The van der Waals surface area contributed by atoms with Crippen LogP contribution in [0.4, 0.5) is 0 Å². The molecule has 0 rings (SSSR count). The molecule has 0 heterocycles. The number of amides is 4. The predicted octanol–water partition coefficient (Wildman–Crippen LogP) is 4.93. The largest absolute Gasteiger partial charge is 0.481 e. The smallest absolute Gasteiger partial charge is 0.326 e. The number of rotatable bonds is 50. The Bertz CT molecular complexity index is 1420. The van der Waals surface area contributed by atoms with Gasteiger partial charge in [-0.05, 0) is 51.9 Å². The quantitative estimate of drug-likeness (QED) is 0.0375. The van der Waals surface area contributed by atoms with Crippen molar-refractivity contribution in [3.05, 3.63) is 0 Å². The van der Waals surface area contributed by atoms with Crippen LogP contribution in [0.25, 0.3) is 0 Å². The molecule has 0 aromatic rings. The van der Waals surface area contributed by atoms with E-state index in [0.717, 1.165) is 44.9 Å². The Morgan fingerprint density at radius 2 is 1.03 bits per heavy atom. The van der Waals surface area contributed by atoms with Crippen LogP contribution in [0.5, 0.6) is 0 Å². The van der Waals surface area contributed by atoms with Crippen molar-refractivity contribution in [2.45, 2.75) is 200 Å². The van der Waals surface area contributed by atoms with E-state index in [1.165, 1.54) is 58.3 Å². The Balaban J connectivity index is 0. The minimum absolute atomic E-state index is 0.0410. The maximum Gasteiger partial charge on any atom is 0.326 e. The number of nitrogens with one attached hydrogen (secondary N) is 4. The molecule has 0 fully saturated rings. The first-order valence-electron chi connectivity index (χ1n) is 26.4. The Labute approximate surface area is 424 Å². The molecule has 0 aliphatic rings. The standard InChI is InChI=1S/C29H54N4O10.C22H41NO5/c1-4-23(25(36)19-33-28(22(3)34)29(30)39)9-6-7-11-31-26(37)20-43-18-16-41-14-12-32-27(38)21-42-17-15-40-13-8-10-24(35)5-2;1-2-19(22(27)28)23-20(24)17-15-13-11-9-7-5-3-4-6-8-10-12-14-16-18-21(25)26/h22-23,28,33-34H,4-21H2,1-3H3,(H2,30,39)(H,31,37)(H,32,38);19H,2-18H2,1H3,(H,23,24)(H,25,26)(H,27,28)/t22-,23+,28+;19-/m10/s1. The fraction of sp³-hybridized carbons (Fsp3) is 0.843. The first-order valence-corrected chi connectivity index (χ1v) is 26.4. The molecule has 0 saturated heterocycles. The number of unbranched alkanes of at least 4 members (excludes halogenated alkanes) is 14. The predicted molar refractivity (Wildman–Crippen MR) is 270 cm³/mol. The van der Waals surface area contributed by atoms with Crippen molar-refractivity contribution >= 4 is 47.1 Å². The van der Waals surface area contributed by atoms with Crippen molar-refractivity contribution in [1.29, 1.82) is 0 Å². The topological polar surface area (TPSA) is 308 Å². The lowest BCUT2D eigenvalue weighted by Gasteiger charge is -2.20. The summed E-state index contributed by atoms with van der Waals surface area (Å²) in [4.78, 5) is 91.5. The summed E-state index contributed by atoms with van der Waals surface area (Å²) in [5.74, 6) is -3.03. The van der Waals surface area contributed by atoms with Gasteiger partial charge in [-0.15, -0.1) is 0 Å². The minimum Gasteiger partial charge on any atom is -0.481 e. The second kappa shape index (κ2) is 49.5. The zero-order chi connectivity index (χ0) is 53.3. The Morgan fingerprint density at radius 3 is 1.49 bits per heavy atom. The maximum atomic E-state index is 12.4. The van der Waals surface area contributed by atoms with E-state index in [0.29, 0.717) is 97.3 Å². The molecule has 414 valence electrons. The van der Waals surface area contributed by atoms with E-state index in [1.807, 2.05) is 13.8 Å². The monoisotopic (exact) mass is 1020 g/mol. The van der Waals surface area contributed by atoms with Crippen LogP contribution in [0, 0.1) is 5.92 Å². The molecule has 4 amide bonds. The molecule has 0 unspecified atom stereocenters. The van der Waals surface area contributed by atoms with Gasteiger partial charge in [0.1, 0.15) is 36.9 Å². The number of ketones is 2. The molecule has 0 radical (unpaired) electrons. The van der Waals surface area contributed by atoms with Gasteiger partial charge in [-0.1, -0.05) is 104 Å². The number of primary amides is 1. The Morgan fingerprint density at radius 1 is 0.535 bits per heavy atom. The zero-order valence-electron chi connectivity index (χ0n) is 43.9. The molecule has 0 spiro atoms. The van der Waals surface area contributed by atoms with Gasteiger partial charge >= 0.3 is 11.9 Å². The van der Waals surface area contributed by atoms with E-state index >= 15 is 0 Å². The molecule has 0 aromatic carbocycles. The molecule has 0 saturated carbocycles. The highest BCUT2D eigenvalue weighted by Crippen LogP contribution is 2.15. The molecule has 20 heteroatoms. The number of aliphatic hydroxyl groups excluding tert-OH is 1. The molecule has 0 aliphatic carbocycles. The fourth-order valence-electron chi connectivity index (χ4n) is 7.17. The van der Waals surface area contributed by atoms with Gasteiger partial charge < -0.3 is 56.0 Å². The van der Waals surface area contributed by atoms with Gasteiger partial charge in [0.15, 0.2) is 0 Å². The van der Waals surface area contributed by atoms with Gasteiger partial charge in [-0.3, -0.25) is 38.9 Å². The normalized spacial score (nSPS) is 12.7. The number of carboxylic acids is 2. The fourth-order valence-corrected chi connectivity index (χ4v) is 7.17. The van der Waals surface area contributed by atoms with Gasteiger partial charge in [0.2, 0.25) is 23.6 Å². The lowest BCUT2D eigenvalue weighted by molar-refractivity contribution is -0.142. The lowest BCUT2D eigenvalue weighted by atomic mass is 9.94. The average molecular weight is 1020 g/mol. The van der Waals surface area contributed by atoms with E-state index in [9.17, 15) is 43.5 Å². The molecule has 0 aromatic heterocycles. The van der Waals surface area contributed by atoms with Gasteiger partial charge in [-0.25, -0.2) is 4.79 Å². The molecular weight excluding hydrogens is 923 g/mol. The van der Waals surface area contributed by atoms with Crippen molar-refractivity contribution in [2.24, 2.45) is 11.7 Å². The molecule has 20 nitrogen and oxygen atoms in total. The van der Waals surface area contributed by atoms with E-state index < -0.39 is 36.0 Å². The van der Waals surface area contributed by atoms with E-state index in [1.54, 1.807) is 6.92 Å². The number of carbonyl (C=O) groups is 8. The van der Waals surface area contributed by atoms with Gasteiger partial charge in [-0.2, -0.15) is 0 Å². The highest BCUT2D eigenvalue weighted by atomic mass is 16.5. The van der Waals surface area contributed by atoms with Crippen molar-refractivity contribution in [3.63, 3.8) is 0 Å². The number of nitrogens with two attached hydrogens (primary N) is 1. The number of carbonyl (C=O) groups excluding carboxylic acids is 6. The zero-order valence-corrected chi connectivity index (χ0v) is 43.9. The van der Waals surface area contributed by atoms with E-state index in [4.69, 9.17) is 34.9 Å². The third kappa shape index (κ3) is 46.7. The number of ether oxygens (including phenoxy) is 4. The highest BCUT2D eigenvalue weighted by Gasteiger charge is 2.23. The summed E-state index contributed by atoms with van der Waals surface area (Å²) in [6, 6.07) is -1.73. The molecule has 9 N–H and O–H groups in total.